The fraction of sp³-hybridized carbons (Fsp3) is 0.238. The first-order chi connectivity index (χ1) is 12.8. The Bertz CT molecular complexity index is 1040. The van der Waals surface area contributed by atoms with Gasteiger partial charge in [0.05, 0.1) is 12.0 Å². The highest BCUT2D eigenvalue weighted by atomic mass is 32.2. The van der Waals surface area contributed by atoms with Crippen LogP contribution in [0, 0.1) is 0 Å². The number of anilines is 1. The lowest BCUT2D eigenvalue weighted by Gasteiger charge is -2.19. The van der Waals surface area contributed by atoms with Gasteiger partial charge in [-0.25, -0.2) is 13.1 Å². The van der Waals surface area contributed by atoms with Gasteiger partial charge in [-0.15, -0.1) is 0 Å². The molecule has 27 heavy (non-hydrogen) atoms. The van der Waals surface area contributed by atoms with Crippen LogP contribution in [0.15, 0.2) is 65.6 Å². The van der Waals surface area contributed by atoms with Crippen LogP contribution in [0.5, 0.6) is 5.75 Å². The summed E-state index contributed by atoms with van der Waals surface area (Å²) in [5.41, 5.74) is 1.85. The Hall–Kier alpha value is -2.57. The van der Waals surface area contributed by atoms with Gasteiger partial charge in [0.2, 0.25) is 10.0 Å². The van der Waals surface area contributed by atoms with E-state index in [1.807, 2.05) is 74.4 Å². The van der Waals surface area contributed by atoms with E-state index in [4.69, 9.17) is 4.74 Å². The smallest absolute Gasteiger partial charge is 0.241 e. The first-order valence-electron chi connectivity index (χ1n) is 8.69. The minimum Gasteiger partial charge on any atom is -0.497 e. The van der Waals surface area contributed by atoms with Crippen molar-refractivity contribution in [2.24, 2.45) is 0 Å². The van der Waals surface area contributed by atoms with Crippen LogP contribution in [0.25, 0.3) is 10.8 Å². The van der Waals surface area contributed by atoms with Crippen LogP contribution < -0.4 is 14.4 Å². The molecule has 0 saturated heterocycles. The van der Waals surface area contributed by atoms with Crippen LogP contribution >= 0.6 is 0 Å². The van der Waals surface area contributed by atoms with E-state index in [1.165, 1.54) is 0 Å². The number of methoxy groups -OCH3 is 1. The molecule has 0 aliphatic heterocycles. The average molecular weight is 385 g/mol. The molecule has 0 heterocycles. The zero-order chi connectivity index (χ0) is 19.6. The maximum Gasteiger partial charge on any atom is 0.241 e. The first-order valence-corrected chi connectivity index (χ1v) is 10.2. The molecule has 5 nitrogen and oxygen atoms in total. The molecule has 1 atom stereocenters. The van der Waals surface area contributed by atoms with Crippen molar-refractivity contribution >= 4 is 26.5 Å². The lowest BCUT2D eigenvalue weighted by molar-refractivity contribution is 0.414. The van der Waals surface area contributed by atoms with Gasteiger partial charge in [-0.1, -0.05) is 36.4 Å². The SMILES string of the molecule is COc1ccc(C(C)NS(=O)(=O)c2cccc3c(N(C)C)cccc23)cc1. The summed E-state index contributed by atoms with van der Waals surface area (Å²) in [4.78, 5) is 2.26. The Labute approximate surface area is 160 Å². The molecule has 0 aliphatic carbocycles. The van der Waals surface area contributed by atoms with E-state index in [9.17, 15) is 8.42 Å². The zero-order valence-electron chi connectivity index (χ0n) is 15.9. The maximum atomic E-state index is 13.1. The number of fused-ring (bicyclic) bond motifs is 1. The second-order valence-electron chi connectivity index (χ2n) is 6.64. The Morgan fingerprint density at radius 1 is 0.926 bits per heavy atom. The van der Waals surface area contributed by atoms with Crippen LogP contribution in [-0.4, -0.2) is 29.6 Å². The van der Waals surface area contributed by atoms with Gasteiger partial charge in [-0.2, -0.15) is 0 Å². The number of sulfonamides is 1. The van der Waals surface area contributed by atoms with E-state index < -0.39 is 10.0 Å². The highest BCUT2D eigenvalue weighted by Crippen LogP contribution is 2.31. The number of rotatable bonds is 6. The van der Waals surface area contributed by atoms with Crippen molar-refractivity contribution in [2.45, 2.75) is 17.9 Å². The Morgan fingerprint density at radius 2 is 1.56 bits per heavy atom. The Balaban J connectivity index is 1.98. The number of ether oxygens (including phenoxy) is 1. The molecule has 0 spiro atoms. The van der Waals surface area contributed by atoms with Gasteiger partial charge in [0.25, 0.3) is 0 Å². The van der Waals surface area contributed by atoms with E-state index in [0.717, 1.165) is 22.4 Å². The molecule has 1 N–H and O–H groups in total. The summed E-state index contributed by atoms with van der Waals surface area (Å²) in [6.07, 6.45) is 0. The molecule has 0 bridgehead atoms. The molecule has 142 valence electrons. The van der Waals surface area contributed by atoms with Gasteiger partial charge in [-0.3, -0.25) is 0 Å². The molecule has 0 aliphatic rings. The van der Waals surface area contributed by atoms with Crippen LogP contribution in [0.1, 0.15) is 18.5 Å². The van der Waals surface area contributed by atoms with E-state index in [2.05, 4.69) is 4.72 Å². The monoisotopic (exact) mass is 384 g/mol. The van der Waals surface area contributed by atoms with Crippen LogP contribution in [0.3, 0.4) is 0 Å². The minimum atomic E-state index is -3.69. The molecule has 0 amide bonds. The standard InChI is InChI=1S/C21H24N2O3S/c1-15(16-11-13-17(26-4)14-12-16)22-27(24,25)21-10-6-7-18-19(21)8-5-9-20(18)23(2)3/h5-15,22H,1-4H3. The van der Waals surface area contributed by atoms with Crippen molar-refractivity contribution in [3.8, 4) is 5.75 Å². The summed E-state index contributed by atoms with van der Waals surface area (Å²) in [6.45, 7) is 1.83. The lowest BCUT2D eigenvalue weighted by Crippen LogP contribution is -2.27. The minimum absolute atomic E-state index is 0.282. The molecule has 3 aromatic carbocycles. The lowest BCUT2D eigenvalue weighted by atomic mass is 10.1. The molecule has 0 radical (unpaired) electrons. The van der Waals surface area contributed by atoms with Crippen LogP contribution in [0.2, 0.25) is 0 Å². The first kappa shape index (κ1) is 19.2. The Morgan fingerprint density at radius 3 is 2.19 bits per heavy atom. The molecule has 0 fully saturated rings. The van der Waals surface area contributed by atoms with Gasteiger partial charge in [0.1, 0.15) is 5.75 Å². The molecule has 3 aromatic rings. The number of nitrogens with zero attached hydrogens (tertiary/aromatic N) is 1. The van der Waals surface area contributed by atoms with Gasteiger partial charge in [0, 0.05) is 36.6 Å². The average Bonchev–Trinajstić information content (AvgIpc) is 2.66. The fourth-order valence-corrected chi connectivity index (χ4v) is 4.60. The van der Waals surface area contributed by atoms with E-state index in [-0.39, 0.29) is 10.9 Å². The second kappa shape index (κ2) is 7.58. The van der Waals surface area contributed by atoms with Crippen molar-refractivity contribution in [3.05, 3.63) is 66.2 Å². The predicted molar refractivity (Wildman–Crippen MR) is 110 cm³/mol. The highest BCUT2D eigenvalue weighted by molar-refractivity contribution is 7.89. The van der Waals surface area contributed by atoms with Crippen molar-refractivity contribution in [1.29, 1.82) is 0 Å². The Kier molecular flexibility index (Phi) is 5.39. The summed E-state index contributed by atoms with van der Waals surface area (Å²) >= 11 is 0. The largest absolute Gasteiger partial charge is 0.497 e. The predicted octanol–water partition coefficient (Wildman–Crippen LogP) is 3.95. The fourth-order valence-electron chi connectivity index (χ4n) is 3.15. The van der Waals surface area contributed by atoms with E-state index in [1.54, 1.807) is 19.2 Å². The highest BCUT2D eigenvalue weighted by Gasteiger charge is 2.21. The molecular formula is C21H24N2O3S. The normalized spacial score (nSPS) is 12.7. The molecule has 0 saturated carbocycles. The number of hydrogen-bond donors (Lipinski definition) is 1. The van der Waals surface area contributed by atoms with E-state index >= 15 is 0 Å². The quantitative estimate of drug-likeness (QED) is 0.699. The van der Waals surface area contributed by atoms with Crippen LogP contribution in [0.4, 0.5) is 5.69 Å². The summed E-state index contributed by atoms with van der Waals surface area (Å²) < 4.78 is 34.1. The van der Waals surface area contributed by atoms with Crippen molar-refractivity contribution in [1.82, 2.24) is 4.72 Å². The number of hydrogen-bond acceptors (Lipinski definition) is 4. The molecule has 1 unspecified atom stereocenters. The molecular weight excluding hydrogens is 360 g/mol. The third-order valence-corrected chi connectivity index (χ3v) is 6.18. The van der Waals surface area contributed by atoms with Gasteiger partial charge in [-0.05, 0) is 36.8 Å². The maximum absolute atomic E-state index is 13.1. The van der Waals surface area contributed by atoms with Crippen molar-refractivity contribution in [2.75, 3.05) is 26.1 Å². The number of benzene rings is 3. The zero-order valence-corrected chi connectivity index (χ0v) is 16.7. The summed E-state index contributed by atoms with van der Waals surface area (Å²) in [5.74, 6) is 0.735. The summed E-state index contributed by atoms with van der Waals surface area (Å²) in [5, 5.41) is 1.61. The number of nitrogens with one attached hydrogen (secondary N) is 1. The van der Waals surface area contributed by atoms with Crippen molar-refractivity contribution in [3.63, 3.8) is 0 Å². The van der Waals surface area contributed by atoms with Gasteiger partial charge < -0.3 is 9.64 Å². The van der Waals surface area contributed by atoms with Gasteiger partial charge >= 0.3 is 0 Å². The van der Waals surface area contributed by atoms with Crippen LogP contribution in [-0.2, 0) is 10.0 Å². The molecule has 3 rings (SSSR count). The third-order valence-electron chi connectivity index (χ3n) is 4.58. The summed E-state index contributed by atoms with van der Waals surface area (Å²) in [6, 6.07) is 18.1. The third kappa shape index (κ3) is 3.91. The summed E-state index contributed by atoms with van der Waals surface area (Å²) in [7, 11) is 1.80. The van der Waals surface area contributed by atoms with Crippen molar-refractivity contribution < 1.29 is 13.2 Å². The molecule has 6 heteroatoms. The van der Waals surface area contributed by atoms with E-state index in [0.29, 0.717) is 5.39 Å². The topological polar surface area (TPSA) is 58.6 Å². The molecule has 0 aromatic heterocycles. The van der Waals surface area contributed by atoms with Gasteiger partial charge in [0.15, 0.2) is 0 Å². The second-order valence-corrected chi connectivity index (χ2v) is 8.32.